The Labute approximate surface area is 111 Å². The Balaban J connectivity index is 2.06. The lowest BCUT2D eigenvalue weighted by Crippen LogP contribution is -2.48. The Bertz CT molecular complexity index is 444. The molecule has 2 rings (SSSR count). The highest BCUT2D eigenvalue weighted by Gasteiger charge is 2.27. The summed E-state index contributed by atoms with van der Waals surface area (Å²) in [6.45, 7) is 1.43. The van der Waals surface area contributed by atoms with E-state index in [0.29, 0.717) is 19.5 Å². The van der Waals surface area contributed by atoms with Gasteiger partial charge in [-0.1, -0.05) is 0 Å². The van der Waals surface area contributed by atoms with Crippen LogP contribution >= 0.6 is 0 Å². The molecule has 0 bridgehead atoms. The molecule has 0 unspecified atom stereocenters. The number of aromatic nitrogens is 1. The summed E-state index contributed by atoms with van der Waals surface area (Å²) in [5.41, 5.74) is 0.890. The molecule has 2 amide bonds. The van der Waals surface area contributed by atoms with Crippen LogP contribution in [0.4, 0.5) is 4.79 Å². The van der Waals surface area contributed by atoms with Gasteiger partial charge in [-0.2, -0.15) is 0 Å². The van der Waals surface area contributed by atoms with Crippen LogP contribution in [0, 0.1) is 0 Å². The SMILES string of the molecule is O=C(O)N[C@@H](Cc1ccncc1)C(=O)N1CCCC1. The van der Waals surface area contributed by atoms with Gasteiger partial charge in [-0.15, -0.1) is 0 Å². The van der Waals surface area contributed by atoms with Crippen LogP contribution in [0.25, 0.3) is 0 Å². The molecule has 1 aliphatic heterocycles. The fourth-order valence-electron chi connectivity index (χ4n) is 2.26. The van der Waals surface area contributed by atoms with Crippen LogP contribution in [0.15, 0.2) is 24.5 Å². The third-order valence-corrected chi connectivity index (χ3v) is 3.20. The molecular formula is C13H17N3O3. The van der Waals surface area contributed by atoms with E-state index in [-0.39, 0.29) is 5.91 Å². The third-order valence-electron chi connectivity index (χ3n) is 3.20. The zero-order chi connectivity index (χ0) is 13.7. The molecule has 2 heterocycles. The monoisotopic (exact) mass is 263 g/mol. The largest absolute Gasteiger partial charge is 0.465 e. The molecule has 1 aromatic heterocycles. The number of carboxylic acid groups (broad SMARTS) is 1. The van der Waals surface area contributed by atoms with Gasteiger partial charge in [0.15, 0.2) is 0 Å². The Morgan fingerprint density at radius 3 is 2.53 bits per heavy atom. The molecule has 102 valence electrons. The molecule has 6 heteroatoms. The minimum absolute atomic E-state index is 0.142. The van der Waals surface area contributed by atoms with Crippen LogP contribution in [-0.2, 0) is 11.2 Å². The number of pyridine rings is 1. The molecule has 6 nitrogen and oxygen atoms in total. The number of nitrogens with zero attached hydrogens (tertiary/aromatic N) is 2. The summed E-state index contributed by atoms with van der Waals surface area (Å²) in [5.74, 6) is -0.142. The molecule has 0 spiro atoms. The molecule has 0 aliphatic carbocycles. The summed E-state index contributed by atoms with van der Waals surface area (Å²) in [5, 5.41) is 11.2. The summed E-state index contributed by atoms with van der Waals surface area (Å²) >= 11 is 0. The Kier molecular flexibility index (Phi) is 4.33. The van der Waals surface area contributed by atoms with Crippen molar-refractivity contribution in [3.63, 3.8) is 0 Å². The Hall–Kier alpha value is -2.11. The van der Waals surface area contributed by atoms with Crippen molar-refractivity contribution in [2.24, 2.45) is 0 Å². The number of rotatable bonds is 4. The molecule has 1 saturated heterocycles. The molecule has 0 radical (unpaired) electrons. The highest BCUT2D eigenvalue weighted by atomic mass is 16.4. The van der Waals surface area contributed by atoms with E-state index >= 15 is 0 Å². The molecule has 19 heavy (non-hydrogen) atoms. The van der Waals surface area contributed by atoms with E-state index in [1.165, 1.54) is 0 Å². The number of carbonyl (C=O) groups excluding carboxylic acids is 1. The molecule has 1 aromatic rings. The maximum absolute atomic E-state index is 12.3. The number of hydrogen-bond donors (Lipinski definition) is 2. The first-order valence-electron chi connectivity index (χ1n) is 6.34. The molecule has 1 atom stereocenters. The van der Waals surface area contributed by atoms with Gasteiger partial charge in [0, 0.05) is 31.9 Å². The number of likely N-dealkylation sites (tertiary alicyclic amines) is 1. The average Bonchev–Trinajstić information content (AvgIpc) is 2.91. The van der Waals surface area contributed by atoms with Gasteiger partial charge in [0.25, 0.3) is 0 Å². The minimum Gasteiger partial charge on any atom is -0.465 e. The van der Waals surface area contributed by atoms with Crippen molar-refractivity contribution in [3.8, 4) is 0 Å². The topological polar surface area (TPSA) is 82.5 Å². The first-order chi connectivity index (χ1) is 9.16. The molecule has 0 saturated carbocycles. The van der Waals surface area contributed by atoms with Gasteiger partial charge in [0.1, 0.15) is 6.04 Å². The summed E-state index contributed by atoms with van der Waals surface area (Å²) in [6, 6.07) is 2.85. The van der Waals surface area contributed by atoms with Gasteiger partial charge in [0.05, 0.1) is 0 Å². The zero-order valence-electron chi connectivity index (χ0n) is 10.6. The zero-order valence-corrected chi connectivity index (χ0v) is 10.6. The van der Waals surface area contributed by atoms with Crippen LogP contribution in [-0.4, -0.2) is 46.1 Å². The van der Waals surface area contributed by atoms with Gasteiger partial charge in [-0.25, -0.2) is 4.79 Å². The lowest BCUT2D eigenvalue weighted by molar-refractivity contribution is -0.132. The van der Waals surface area contributed by atoms with Crippen LogP contribution < -0.4 is 5.32 Å². The quantitative estimate of drug-likeness (QED) is 0.845. The number of carbonyl (C=O) groups is 2. The number of hydrogen-bond acceptors (Lipinski definition) is 3. The summed E-state index contributed by atoms with van der Waals surface area (Å²) < 4.78 is 0. The number of nitrogens with one attached hydrogen (secondary N) is 1. The average molecular weight is 263 g/mol. The minimum atomic E-state index is -1.17. The van der Waals surface area contributed by atoms with E-state index in [0.717, 1.165) is 18.4 Å². The van der Waals surface area contributed by atoms with Crippen LogP contribution in [0.2, 0.25) is 0 Å². The summed E-state index contributed by atoms with van der Waals surface area (Å²) in [7, 11) is 0. The van der Waals surface area contributed by atoms with Crippen LogP contribution in [0.1, 0.15) is 18.4 Å². The molecular weight excluding hydrogens is 246 g/mol. The maximum atomic E-state index is 12.3. The predicted molar refractivity (Wildman–Crippen MR) is 68.7 cm³/mol. The van der Waals surface area contributed by atoms with E-state index in [4.69, 9.17) is 5.11 Å². The highest BCUT2D eigenvalue weighted by molar-refractivity contribution is 5.85. The second-order valence-electron chi connectivity index (χ2n) is 4.59. The summed E-state index contributed by atoms with van der Waals surface area (Å²) in [4.78, 5) is 28.7. The second kappa shape index (κ2) is 6.17. The lowest BCUT2D eigenvalue weighted by Gasteiger charge is -2.23. The summed E-state index contributed by atoms with van der Waals surface area (Å²) in [6.07, 6.45) is 4.42. The first kappa shape index (κ1) is 13.3. The standard InChI is InChI=1S/C13H17N3O3/c17-12(16-7-1-2-8-16)11(15-13(18)19)9-10-3-5-14-6-4-10/h3-6,11,15H,1-2,7-9H2,(H,18,19)/t11-/m0/s1. The molecule has 1 aliphatic rings. The van der Waals surface area contributed by atoms with Crippen molar-refractivity contribution in [3.05, 3.63) is 30.1 Å². The fraction of sp³-hybridized carbons (Fsp3) is 0.462. The molecule has 0 aromatic carbocycles. The first-order valence-corrected chi connectivity index (χ1v) is 6.34. The van der Waals surface area contributed by atoms with Crippen molar-refractivity contribution < 1.29 is 14.7 Å². The fourth-order valence-corrected chi connectivity index (χ4v) is 2.26. The van der Waals surface area contributed by atoms with E-state index in [9.17, 15) is 9.59 Å². The van der Waals surface area contributed by atoms with Gasteiger partial charge < -0.3 is 15.3 Å². The second-order valence-corrected chi connectivity index (χ2v) is 4.59. The van der Waals surface area contributed by atoms with Crippen LogP contribution in [0.3, 0.4) is 0 Å². The predicted octanol–water partition coefficient (Wildman–Crippen LogP) is 0.883. The molecule has 1 fully saturated rings. The highest BCUT2D eigenvalue weighted by Crippen LogP contribution is 2.11. The lowest BCUT2D eigenvalue weighted by atomic mass is 10.1. The molecule has 2 N–H and O–H groups in total. The normalized spacial score (nSPS) is 16.1. The Morgan fingerprint density at radius 1 is 1.32 bits per heavy atom. The van der Waals surface area contributed by atoms with E-state index in [2.05, 4.69) is 10.3 Å². The van der Waals surface area contributed by atoms with E-state index in [1.807, 2.05) is 0 Å². The van der Waals surface area contributed by atoms with Gasteiger partial charge in [-0.05, 0) is 30.5 Å². The van der Waals surface area contributed by atoms with Crippen molar-refractivity contribution >= 4 is 12.0 Å². The van der Waals surface area contributed by atoms with Crippen LogP contribution in [0.5, 0.6) is 0 Å². The van der Waals surface area contributed by atoms with Crippen molar-refractivity contribution in [2.45, 2.75) is 25.3 Å². The Morgan fingerprint density at radius 2 is 1.95 bits per heavy atom. The third kappa shape index (κ3) is 3.67. The van der Waals surface area contributed by atoms with E-state index in [1.54, 1.807) is 29.4 Å². The maximum Gasteiger partial charge on any atom is 0.405 e. The number of amides is 2. The smallest absolute Gasteiger partial charge is 0.405 e. The van der Waals surface area contributed by atoms with Gasteiger partial charge in [-0.3, -0.25) is 9.78 Å². The van der Waals surface area contributed by atoms with Crippen molar-refractivity contribution in [1.29, 1.82) is 0 Å². The van der Waals surface area contributed by atoms with Crippen molar-refractivity contribution in [1.82, 2.24) is 15.2 Å². The van der Waals surface area contributed by atoms with E-state index < -0.39 is 12.1 Å². The van der Waals surface area contributed by atoms with Gasteiger partial charge in [0.2, 0.25) is 5.91 Å². The van der Waals surface area contributed by atoms with Crippen molar-refractivity contribution in [2.75, 3.05) is 13.1 Å². The van der Waals surface area contributed by atoms with Gasteiger partial charge >= 0.3 is 6.09 Å².